The number of anilines is 4. The van der Waals surface area contributed by atoms with Gasteiger partial charge in [-0.1, -0.05) is 18.2 Å². The highest BCUT2D eigenvalue weighted by atomic mass is 19.1. The Morgan fingerprint density at radius 3 is 2.44 bits per heavy atom. The summed E-state index contributed by atoms with van der Waals surface area (Å²) in [5.74, 6) is 0.209. The van der Waals surface area contributed by atoms with Crippen LogP contribution in [-0.4, -0.2) is 34.1 Å². The Bertz CT molecular complexity index is 1450. The van der Waals surface area contributed by atoms with E-state index in [2.05, 4.69) is 35.9 Å². The number of fused-ring (bicyclic) bond motifs is 1. The van der Waals surface area contributed by atoms with E-state index in [0.29, 0.717) is 17.2 Å². The van der Waals surface area contributed by atoms with Crippen molar-refractivity contribution in [2.24, 2.45) is 9.98 Å². The van der Waals surface area contributed by atoms with Gasteiger partial charge in [-0.15, -0.1) is 0 Å². The molecule has 1 aliphatic rings. The Balaban J connectivity index is 1.33. The maximum atomic E-state index is 13.3. The summed E-state index contributed by atoms with van der Waals surface area (Å²) >= 11 is 0. The molecule has 0 saturated carbocycles. The van der Waals surface area contributed by atoms with Crippen LogP contribution in [0.3, 0.4) is 0 Å². The molecule has 4 aromatic rings. The summed E-state index contributed by atoms with van der Waals surface area (Å²) in [4.78, 5) is 29.8. The minimum absolute atomic E-state index is 0.0647. The Labute approximate surface area is 194 Å². The maximum absolute atomic E-state index is 13.3. The van der Waals surface area contributed by atoms with Crippen molar-refractivity contribution in [1.82, 2.24) is 9.97 Å². The SMILES string of the molecule is CC1N=CC(c2ccc3c(Nc4cccc(NC(=O)Nc5cccc(F)c5)c4)ncnc3c2)=N1. The molecule has 0 radical (unpaired) electrons. The first-order valence-corrected chi connectivity index (χ1v) is 10.6. The molecule has 3 N–H and O–H groups in total. The van der Waals surface area contributed by atoms with E-state index in [1.165, 1.54) is 24.5 Å². The zero-order chi connectivity index (χ0) is 23.5. The standard InChI is InChI=1S/C25H20FN7O/c1-15-27-13-23(30-15)16-8-9-21-22(10-16)28-14-29-24(21)31-19-6-3-7-20(12-19)33-25(34)32-18-5-2-4-17(26)11-18/h2-15H,1H3,(H,28,29,31)(H2,32,33,34). The number of aromatic nitrogens is 2. The molecule has 3 aromatic carbocycles. The fraction of sp³-hybridized carbons (Fsp3) is 0.0800. The van der Waals surface area contributed by atoms with E-state index < -0.39 is 11.8 Å². The van der Waals surface area contributed by atoms with Crippen LogP contribution in [0, 0.1) is 5.82 Å². The van der Waals surface area contributed by atoms with Gasteiger partial charge in [0.15, 0.2) is 0 Å². The van der Waals surface area contributed by atoms with Gasteiger partial charge in [-0.2, -0.15) is 0 Å². The number of nitrogens with one attached hydrogen (secondary N) is 3. The molecule has 2 heterocycles. The van der Waals surface area contributed by atoms with Crippen LogP contribution in [-0.2, 0) is 0 Å². The normalized spacial score (nSPS) is 14.6. The minimum atomic E-state index is -0.476. The van der Waals surface area contributed by atoms with Gasteiger partial charge in [-0.05, 0) is 55.5 Å². The second-order valence-corrected chi connectivity index (χ2v) is 7.67. The van der Waals surface area contributed by atoms with Crippen LogP contribution in [0.1, 0.15) is 12.5 Å². The lowest BCUT2D eigenvalue weighted by molar-refractivity contribution is 0.262. The van der Waals surface area contributed by atoms with E-state index in [1.807, 2.05) is 31.2 Å². The van der Waals surface area contributed by atoms with E-state index in [0.717, 1.165) is 27.9 Å². The third-order valence-electron chi connectivity index (χ3n) is 5.14. The number of benzene rings is 3. The molecule has 34 heavy (non-hydrogen) atoms. The number of carbonyl (C=O) groups excluding carboxylic acids is 1. The second-order valence-electron chi connectivity index (χ2n) is 7.67. The molecule has 1 aliphatic heterocycles. The lowest BCUT2D eigenvalue weighted by atomic mass is 10.1. The van der Waals surface area contributed by atoms with Gasteiger partial charge < -0.3 is 16.0 Å². The second kappa shape index (κ2) is 9.07. The largest absolute Gasteiger partial charge is 0.340 e. The molecule has 0 aliphatic carbocycles. The average Bonchev–Trinajstić information content (AvgIpc) is 3.25. The van der Waals surface area contributed by atoms with Gasteiger partial charge in [-0.25, -0.2) is 19.2 Å². The zero-order valence-corrected chi connectivity index (χ0v) is 18.2. The molecule has 1 unspecified atom stereocenters. The van der Waals surface area contributed by atoms with Crippen molar-refractivity contribution in [1.29, 1.82) is 0 Å². The van der Waals surface area contributed by atoms with Gasteiger partial charge in [-0.3, -0.25) is 9.98 Å². The van der Waals surface area contributed by atoms with E-state index in [1.54, 1.807) is 30.5 Å². The third-order valence-corrected chi connectivity index (χ3v) is 5.14. The lowest BCUT2D eigenvalue weighted by Gasteiger charge is -2.12. The maximum Gasteiger partial charge on any atom is 0.323 e. The monoisotopic (exact) mass is 453 g/mol. The number of carbonyl (C=O) groups is 1. The number of hydrogen-bond acceptors (Lipinski definition) is 6. The Hall–Kier alpha value is -4.66. The van der Waals surface area contributed by atoms with Crippen LogP contribution in [0.5, 0.6) is 0 Å². The van der Waals surface area contributed by atoms with Crippen molar-refractivity contribution in [3.63, 3.8) is 0 Å². The van der Waals surface area contributed by atoms with Crippen molar-refractivity contribution in [3.8, 4) is 0 Å². The molecule has 5 rings (SSSR count). The topological polar surface area (TPSA) is 104 Å². The third kappa shape index (κ3) is 4.73. The zero-order valence-electron chi connectivity index (χ0n) is 18.2. The number of hydrogen-bond donors (Lipinski definition) is 3. The average molecular weight is 453 g/mol. The summed E-state index contributed by atoms with van der Waals surface area (Å²) < 4.78 is 13.3. The van der Waals surface area contributed by atoms with Gasteiger partial charge in [0.05, 0.1) is 11.2 Å². The van der Waals surface area contributed by atoms with Crippen molar-refractivity contribution < 1.29 is 9.18 Å². The highest BCUT2D eigenvalue weighted by Gasteiger charge is 2.12. The molecule has 0 bridgehead atoms. The van der Waals surface area contributed by atoms with Crippen LogP contribution in [0.4, 0.5) is 32.1 Å². The predicted molar refractivity (Wildman–Crippen MR) is 133 cm³/mol. The summed E-state index contributed by atoms with van der Waals surface area (Å²) in [5, 5.41) is 9.48. The molecule has 0 spiro atoms. The van der Waals surface area contributed by atoms with Gasteiger partial charge in [0.2, 0.25) is 0 Å². The highest BCUT2D eigenvalue weighted by molar-refractivity contribution is 6.39. The summed E-state index contributed by atoms with van der Waals surface area (Å²) in [6.45, 7) is 1.93. The smallest absolute Gasteiger partial charge is 0.323 e. The highest BCUT2D eigenvalue weighted by Crippen LogP contribution is 2.26. The van der Waals surface area contributed by atoms with Crippen LogP contribution < -0.4 is 16.0 Å². The first-order valence-electron chi connectivity index (χ1n) is 10.6. The number of aliphatic imine (C=N–C) groups is 2. The summed E-state index contributed by atoms with van der Waals surface area (Å²) in [6.07, 6.45) is 3.20. The van der Waals surface area contributed by atoms with E-state index in [9.17, 15) is 9.18 Å². The van der Waals surface area contributed by atoms with Crippen molar-refractivity contribution >= 4 is 51.7 Å². The Morgan fingerprint density at radius 1 is 0.912 bits per heavy atom. The van der Waals surface area contributed by atoms with Crippen LogP contribution >= 0.6 is 0 Å². The fourth-order valence-corrected chi connectivity index (χ4v) is 3.58. The molecule has 8 nitrogen and oxygen atoms in total. The van der Waals surface area contributed by atoms with E-state index in [-0.39, 0.29) is 6.17 Å². The Morgan fingerprint density at radius 2 is 1.68 bits per heavy atom. The van der Waals surface area contributed by atoms with E-state index >= 15 is 0 Å². The molecule has 9 heteroatoms. The van der Waals surface area contributed by atoms with Crippen LogP contribution in [0.2, 0.25) is 0 Å². The summed E-state index contributed by atoms with van der Waals surface area (Å²) in [7, 11) is 0. The predicted octanol–water partition coefficient (Wildman–Crippen LogP) is 5.38. The Kier molecular flexibility index (Phi) is 5.65. The van der Waals surface area contributed by atoms with Crippen LogP contribution in [0.15, 0.2) is 83.0 Å². The van der Waals surface area contributed by atoms with Gasteiger partial charge in [0.1, 0.15) is 24.1 Å². The molecule has 0 saturated heterocycles. The molecular formula is C25H20FN7O. The number of amides is 2. The quantitative estimate of drug-likeness (QED) is 0.378. The number of halogens is 1. The number of nitrogens with zero attached hydrogens (tertiary/aromatic N) is 4. The first-order chi connectivity index (χ1) is 16.5. The molecular weight excluding hydrogens is 433 g/mol. The number of rotatable bonds is 5. The molecule has 1 aromatic heterocycles. The van der Waals surface area contributed by atoms with Crippen LogP contribution in [0.25, 0.3) is 10.9 Å². The lowest BCUT2D eigenvalue weighted by Crippen LogP contribution is -2.19. The van der Waals surface area contributed by atoms with E-state index in [4.69, 9.17) is 0 Å². The molecule has 0 fully saturated rings. The fourth-order valence-electron chi connectivity index (χ4n) is 3.58. The number of urea groups is 1. The molecule has 1 atom stereocenters. The minimum Gasteiger partial charge on any atom is -0.340 e. The molecule has 2 amide bonds. The first kappa shape index (κ1) is 21.2. The van der Waals surface area contributed by atoms with Crippen molar-refractivity contribution in [2.75, 3.05) is 16.0 Å². The van der Waals surface area contributed by atoms with Crippen molar-refractivity contribution in [2.45, 2.75) is 13.1 Å². The van der Waals surface area contributed by atoms with Gasteiger partial charge in [0, 0.05) is 34.2 Å². The van der Waals surface area contributed by atoms with Gasteiger partial charge in [0.25, 0.3) is 0 Å². The summed E-state index contributed by atoms with van der Waals surface area (Å²) in [6, 6.07) is 18.3. The van der Waals surface area contributed by atoms with Gasteiger partial charge >= 0.3 is 6.03 Å². The van der Waals surface area contributed by atoms with Crippen molar-refractivity contribution in [3.05, 3.63) is 84.4 Å². The molecule has 168 valence electrons. The summed E-state index contributed by atoms with van der Waals surface area (Å²) in [5.41, 5.74) is 4.21.